The second-order valence-corrected chi connectivity index (χ2v) is 6.51. The van der Waals surface area contributed by atoms with Crippen LogP contribution in [0.2, 0.25) is 0 Å². The number of hydrogen-bond acceptors (Lipinski definition) is 4. The smallest absolute Gasteiger partial charge is 0.306 e. The Morgan fingerprint density at radius 3 is 2.19 bits per heavy atom. The molecule has 0 N–H and O–H groups in total. The summed E-state index contributed by atoms with van der Waals surface area (Å²) in [6.07, 6.45) is 0.954. The minimum atomic E-state index is -3.69. The van der Waals surface area contributed by atoms with Gasteiger partial charge in [0.25, 0.3) is 0 Å². The van der Waals surface area contributed by atoms with Crippen LogP contribution in [0.1, 0.15) is 27.0 Å². The van der Waals surface area contributed by atoms with E-state index in [1.54, 1.807) is 31.2 Å². The van der Waals surface area contributed by atoms with Gasteiger partial charge in [-0.2, -0.15) is 8.42 Å². The highest BCUT2D eigenvalue weighted by atomic mass is 32.2. The summed E-state index contributed by atoms with van der Waals surface area (Å²) in [5, 5.41) is 0. The van der Waals surface area contributed by atoms with Crippen LogP contribution < -0.4 is 4.18 Å². The maximum Gasteiger partial charge on any atom is 0.306 e. The summed E-state index contributed by atoms with van der Waals surface area (Å²) in [6.45, 7) is 3.68. The average molecular weight is 304 g/mol. The molecule has 0 aliphatic carbocycles. The molecule has 4 nitrogen and oxygen atoms in total. The summed E-state index contributed by atoms with van der Waals surface area (Å²) in [5.74, 6) is -0.199. The molecule has 0 bridgehead atoms. The van der Waals surface area contributed by atoms with Crippen molar-refractivity contribution in [3.8, 4) is 5.75 Å². The predicted octanol–water partition coefficient (Wildman–Crippen LogP) is 2.87. The van der Waals surface area contributed by atoms with Crippen LogP contribution in [0.15, 0.2) is 42.5 Å². The van der Waals surface area contributed by atoms with E-state index in [2.05, 4.69) is 0 Å². The van der Waals surface area contributed by atoms with Gasteiger partial charge in [-0.05, 0) is 25.5 Å². The largest absolute Gasteiger partial charge is 0.382 e. The Labute approximate surface area is 124 Å². The molecule has 0 aromatic heterocycles. The highest BCUT2D eigenvalue weighted by Gasteiger charge is 2.19. The lowest BCUT2D eigenvalue weighted by Gasteiger charge is -2.11. The van der Waals surface area contributed by atoms with E-state index in [1.165, 1.54) is 6.07 Å². The van der Waals surface area contributed by atoms with Crippen LogP contribution in [0.4, 0.5) is 0 Å². The maximum atomic E-state index is 12.6. The van der Waals surface area contributed by atoms with E-state index in [0.717, 1.165) is 11.8 Å². The second-order valence-electron chi connectivity index (χ2n) is 4.93. The van der Waals surface area contributed by atoms with Crippen LogP contribution in [-0.2, 0) is 10.1 Å². The standard InChI is InChI=1S/C16H16O4S/c1-11-7-9-13(10-8-11)16(17)15-12(2)5-4-6-14(15)20-21(3,18)19/h4-10H,1-3H3. The summed E-state index contributed by atoms with van der Waals surface area (Å²) in [5.41, 5.74) is 2.48. The van der Waals surface area contributed by atoms with E-state index in [1.807, 2.05) is 19.1 Å². The maximum absolute atomic E-state index is 12.6. The van der Waals surface area contributed by atoms with Crippen molar-refractivity contribution in [1.29, 1.82) is 0 Å². The number of aryl methyl sites for hydroxylation is 2. The van der Waals surface area contributed by atoms with Gasteiger partial charge in [-0.3, -0.25) is 4.79 Å². The molecule has 0 heterocycles. The van der Waals surface area contributed by atoms with Gasteiger partial charge in [0.2, 0.25) is 0 Å². The lowest BCUT2D eigenvalue weighted by atomic mass is 9.97. The number of rotatable bonds is 4. The minimum absolute atomic E-state index is 0.0584. The first-order chi connectivity index (χ1) is 9.78. The topological polar surface area (TPSA) is 60.4 Å². The van der Waals surface area contributed by atoms with Crippen molar-refractivity contribution in [1.82, 2.24) is 0 Å². The quantitative estimate of drug-likeness (QED) is 0.643. The zero-order valence-electron chi connectivity index (χ0n) is 12.1. The average Bonchev–Trinajstić information content (AvgIpc) is 2.37. The Kier molecular flexibility index (Phi) is 4.14. The van der Waals surface area contributed by atoms with Crippen molar-refractivity contribution in [2.75, 3.05) is 6.26 Å². The van der Waals surface area contributed by atoms with Crippen molar-refractivity contribution in [2.24, 2.45) is 0 Å². The summed E-state index contributed by atoms with van der Waals surface area (Å²) in [4.78, 5) is 12.6. The molecule has 0 aliphatic rings. The summed E-state index contributed by atoms with van der Waals surface area (Å²) in [6, 6.07) is 12.0. The summed E-state index contributed by atoms with van der Waals surface area (Å²) >= 11 is 0. The molecule has 110 valence electrons. The van der Waals surface area contributed by atoms with Gasteiger partial charge in [0.05, 0.1) is 11.8 Å². The molecule has 2 aromatic carbocycles. The molecule has 0 fully saturated rings. The number of ketones is 1. The second kappa shape index (κ2) is 5.69. The van der Waals surface area contributed by atoms with Gasteiger partial charge in [-0.15, -0.1) is 0 Å². The van der Waals surface area contributed by atoms with Crippen molar-refractivity contribution in [2.45, 2.75) is 13.8 Å². The van der Waals surface area contributed by atoms with Crippen LogP contribution >= 0.6 is 0 Å². The minimum Gasteiger partial charge on any atom is -0.382 e. The molecule has 2 aromatic rings. The van der Waals surface area contributed by atoms with Crippen molar-refractivity contribution < 1.29 is 17.4 Å². The predicted molar refractivity (Wildman–Crippen MR) is 81.3 cm³/mol. The monoisotopic (exact) mass is 304 g/mol. The number of carbonyl (C=O) groups excluding carboxylic acids is 1. The van der Waals surface area contributed by atoms with Gasteiger partial charge < -0.3 is 4.18 Å². The van der Waals surface area contributed by atoms with Crippen LogP contribution in [-0.4, -0.2) is 20.5 Å². The SMILES string of the molecule is Cc1ccc(C(=O)c2c(C)cccc2OS(C)(=O)=O)cc1. The van der Waals surface area contributed by atoms with E-state index in [0.29, 0.717) is 11.1 Å². The zero-order valence-corrected chi connectivity index (χ0v) is 12.9. The number of carbonyl (C=O) groups is 1. The summed E-state index contributed by atoms with van der Waals surface area (Å²) < 4.78 is 27.6. The molecule has 0 amide bonds. The van der Waals surface area contributed by atoms with Crippen molar-refractivity contribution in [3.05, 3.63) is 64.7 Å². The highest BCUT2D eigenvalue weighted by molar-refractivity contribution is 7.86. The van der Waals surface area contributed by atoms with Gasteiger partial charge >= 0.3 is 10.1 Å². The Morgan fingerprint density at radius 2 is 1.62 bits per heavy atom. The fourth-order valence-electron chi connectivity index (χ4n) is 2.01. The molecular weight excluding hydrogens is 288 g/mol. The van der Waals surface area contributed by atoms with E-state index in [4.69, 9.17) is 4.18 Å². The molecule has 21 heavy (non-hydrogen) atoms. The number of benzene rings is 2. The molecule has 0 atom stereocenters. The lowest BCUT2D eigenvalue weighted by Crippen LogP contribution is -2.12. The highest BCUT2D eigenvalue weighted by Crippen LogP contribution is 2.26. The van der Waals surface area contributed by atoms with E-state index >= 15 is 0 Å². The Bertz CT molecular complexity index is 774. The molecular formula is C16H16O4S. The van der Waals surface area contributed by atoms with Crippen molar-refractivity contribution >= 4 is 15.9 Å². The molecule has 0 unspecified atom stereocenters. The Morgan fingerprint density at radius 1 is 1.00 bits per heavy atom. The first kappa shape index (κ1) is 15.3. The van der Waals surface area contributed by atoms with Crippen LogP contribution in [0.3, 0.4) is 0 Å². The zero-order chi connectivity index (χ0) is 15.6. The van der Waals surface area contributed by atoms with E-state index in [9.17, 15) is 13.2 Å². The molecule has 0 saturated heterocycles. The molecule has 0 radical (unpaired) electrons. The van der Waals surface area contributed by atoms with Gasteiger partial charge in [0.1, 0.15) is 0 Å². The molecule has 0 saturated carbocycles. The molecule has 2 rings (SSSR count). The first-order valence-corrected chi connectivity index (χ1v) is 8.20. The fourth-order valence-corrected chi connectivity index (χ4v) is 2.48. The van der Waals surface area contributed by atoms with Crippen LogP contribution in [0.5, 0.6) is 5.75 Å². The van der Waals surface area contributed by atoms with Gasteiger partial charge in [-0.1, -0.05) is 42.0 Å². The third kappa shape index (κ3) is 3.70. The molecule has 0 aliphatic heterocycles. The third-order valence-electron chi connectivity index (χ3n) is 3.02. The summed E-state index contributed by atoms with van der Waals surface area (Å²) in [7, 11) is -3.69. The van der Waals surface area contributed by atoms with Gasteiger partial charge in [0.15, 0.2) is 11.5 Å². The fraction of sp³-hybridized carbons (Fsp3) is 0.188. The number of hydrogen-bond donors (Lipinski definition) is 0. The van der Waals surface area contributed by atoms with E-state index in [-0.39, 0.29) is 17.1 Å². The van der Waals surface area contributed by atoms with Gasteiger partial charge in [-0.25, -0.2) is 0 Å². The molecule has 0 spiro atoms. The lowest BCUT2D eigenvalue weighted by molar-refractivity contribution is 0.103. The van der Waals surface area contributed by atoms with Crippen LogP contribution in [0.25, 0.3) is 0 Å². The Balaban J connectivity index is 2.52. The third-order valence-corrected chi connectivity index (χ3v) is 3.50. The van der Waals surface area contributed by atoms with Crippen LogP contribution in [0, 0.1) is 13.8 Å². The molecule has 5 heteroatoms. The Hall–Kier alpha value is -2.14. The van der Waals surface area contributed by atoms with E-state index < -0.39 is 10.1 Å². The van der Waals surface area contributed by atoms with Gasteiger partial charge in [0, 0.05) is 5.56 Å². The van der Waals surface area contributed by atoms with Crippen molar-refractivity contribution in [3.63, 3.8) is 0 Å². The first-order valence-electron chi connectivity index (χ1n) is 6.38. The normalized spacial score (nSPS) is 11.2.